The molecule has 8 nitrogen and oxygen atoms in total. The Hall–Kier alpha value is -3.10. The third kappa shape index (κ3) is 4.28. The molecule has 1 saturated carbocycles. The molecule has 174 valence electrons. The van der Waals surface area contributed by atoms with Gasteiger partial charge in [-0.25, -0.2) is 4.79 Å². The minimum atomic E-state index is -0.680. The number of nitrogens with zero attached hydrogens (tertiary/aromatic N) is 1. The zero-order valence-electron chi connectivity index (χ0n) is 18.8. The number of hydrogen-bond acceptors (Lipinski definition) is 5. The molecule has 0 spiro atoms. The SMILES string of the molecule is COc1ccc([C@@H]2[C@H]3CCCC[C@@]3(O)CCN2CC(=O)Nc2ccc3[nH]c(=O)[nH]c3c2)cc1. The van der Waals surface area contributed by atoms with E-state index in [1.807, 2.05) is 24.3 Å². The molecule has 0 radical (unpaired) electrons. The maximum atomic E-state index is 13.0. The van der Waals surface area contributed by atoms with Gasteiger partial charge < -0.3 is 25.1 Å². The van der Waals surface area contributed by atoms with Gasteiger partial charge in [-0.3, -0.25) is 9.69 Å². The number of fused-ring (bicyclic) bond motifs is 2. The highest BCUT2D eigenvalue weighted by Gasteiger charge is 2.49. The summed E-state index contributed by atoms with van der Waals surface area (Å²) in [4.78, 5) is 32.1. The van der Waals surface area contributed by atoms with Gasteiger partial charge in [0.2, 0.25) is 5.91 Å². The second-order valence-corrected chi connectivity index (χ2v) is 9.28. The largest absolute Gasteiger partial charge is 0.497 e. The van der Waals surface area contributed by atoms with Crippen molar-refractivity contribution in [2.75, 3.05) is 25.5 Å². The van der Waals surface area contributed by atoms with Gasteiger partial charge in [-0.2, -0.15) is 0 Å². The molecule has 2 fully saturated rings. The monoisotopic (exact) mass is 450 g/mol. The van der Waals surface area contributed by atoms with Crippen LogP contribution in [0.3, 0.4) is 0 Å². The number of aromatic nitrogens is 2. The summed E-state index contributed by atoms with van der Waals surface area (Å²) >= 11 is 0. The zero-order chi connectivity index (χ0) is 23.0. The second kappa shape index (κ2) is 8.68. The standard InChI is InChI=1S/C25H30N4O4/c1-33-18-8-5-16(6-9-18)23-19-4-2-3-11-25(19,32)12-13-29(23)15-22(30)26-17-7-10-20-21(14-17)28-24(31)27-20/h5-10,14,19,23,32H,2-4,11-13,15H2,1H3,(H,26,30)(H2,27,28,31)/t19-,23-,25-/m1/s1. The molecule has 0 unspecified atom stereocenters. The predicted molar refractivity (Wildman–Crippen MR) is 126 cm³/mol. The number of likely N-dealkylation sites (tertiary alicyclic amines) is 1. The number of piperidine rings is 1. The number of anilines is 1. The van der Waals surface area contributed by atoms with Crippen LogP contribution in [0.4, 0.5) is 5.69 Å². The van der Waals surface area contributed by atoms with Crippen molar-refractivity contribution in [3.8, 4) is 5.75 Å². The van der Waals surface area contributed by atoms with E-state index in [-0.39, 0.29) is 30.1 Å². The maximum Gasteiger partial charge on any atom is 0.323 e. The molecule has 1 aromatic heterocycles. The molecular weight excluding hydrogens is 420 g/mol. The summed E-state index contributed by atoms with van der Waals surface area (Å²) in [7, 11) is 1.65. The average molecular weight is 451 g/mol. The van der Waals surface area contributed by atoms with Crippen molar-refractivity contribution in [3.63, 3.8) is 0 Å². The normalized spacial score (nSPS) is 25.5. The number of aliphatic hydroxyl groups is 1. The number of carbonyl (C=O) groups is 1. The number of rotatable bonds is 5. The Balaban J connectivity index is 1.38. The van der Waals surface area contributed by atoms with Crippen LogP contribution in [-0.4, -0.2) is 51.7 Å². The molecule has 1 aliphatic carbocycles. The van der Waals surface area contributed by atoms with Gasteiger partial charge in [0, 0.05) is 24.2 Å². The maximum absolute atomic E-state index is 13.0. The molecule has 8 heteroatoms. The summed E-state index contributed by atoms with van der Waals surface area (Å²) in [6, 6.07) is 13.2. The van der Waals surface area contributed by atoms with E-state index < -0.39 is 5.60 Å². The first-order valence-corrected chi connectivity index (χ1v) is 11.6. The van der Waals surface area contributed by atoms with Gasteiger partial charge in [0.05, 0.1) is 30.3 Å². The topological polar surface area (TPSA) is 110 Å². The quantitative estimate of drug-likeness (QED) is 0.477. The predicted octanol–water partition coefficient (Wildman–Crippen LogP) is 3.17. The third-order valence-electron chi connectivity index (χ3n) is 7.28. The number of hydrogen-bond donors (Lipinski definition) is 4. The number of aromatic amines is 2. The van der Waals surface area contributed by atoms with Crippen molar-refractivity contribution in [2.45, 2.75) is 43.7 Å². The van der Waals surface area contributed by atoms with E-state index in [4.69, 9.17) is 4.74 Å². The number of nitrogens with one attached hydrogen (secondary N) is 3. The van der Waals surface area contributed by atoms with Crippen molar-refractivity contribution >= 4 is 22.6 Å². The van der Waals surface area contributed by atoms with E-state index in [0.29, 0.717) is 29.7 Å². The summed E-state index contributed by atoms with van der Waals surface area (Å²) in [6.07, 6.45) is 4.58. The number of benzene rings is 2. The Morgan fingerprint density at radius 3 is 2.73 bits per heavy atom. The molecular formula is C25H30N4O4. The van der Waals surface area contributed by atoms with Crippen molar-refractivity contribution in [3.05, 3.63) is 58.5 Å². The molecule has 2 aliphatic rings. The highest BCUT2D eigenvalue weighted by molar-refractivity contribution is 5.94. The fourth-order valence-electron chi connectivity index (χ4n) is 5.66. The number of imidazole rings is 1. The number of carbonyl (C=O) groups excluding carboxylic acids is 1. The Labute approximate surface area is 192 Å². The molecule has 1 aliphatic heterocycles. The molecule has 1 saturated heterocycles. The van der Waals surface area contributed by atoms with E-state index in [1.165, 1.54) is 0 Å². The lowest BCUT2D eigenvalue weighted by Gasteiger charge is -2.52. The highest BCUT2D eigenvalue weighted by atomic mass is 16.5. The Morgan fingerprint density at radius 2 is 1.94 bits per heavy atom. The van der Waals surface area contributed by atoms with Crippen LogP contribution in [0.25, 0.3) is 11.0 Å². The molecule has 3 atom stereocenters. The van der Waals surface area contributed by atoms with E-state index in [0.717, 1.165) is 37.0 Å². The van der Waals surface area contributed by atoms with E-state index in [9.17, 15) is 14.7 Å². The molecule has 3 aromatic rings. The van der Waals surface area contributed by atoms with Crippen LogP contribution >= 0.6 is 0 Å². The fourth-order valence-corrected chi connectivity index (χ4v) is 5.66. The Kier molecular flexibility index (Phi) is 5.72. The minimum Gasteiger partial charge on any atom is -0.497 e. The van der Waals surface area contributed by atoms with E-state index in [2.05, 4.69) is 20.2 Å². The zero-order valence-corrected chi connectivity index (χ0v) is 18.8. The molecule has 2 heterocycles. The van der Waals surface area contributed by atoms with Crippen LogP contribution in [0.15, 0.2) is 47.3 Å². The summed E-state index contributed by atoms with van der Waals surface area (Å²) < 4.78 is 5.32. The number of ether oxygens (including phenoxy) is 1. The lowest BCUT2D eigenvalue weighted by molar-refractivity contribution is -0.135. The second-order valence-electron chi connectivity index (χ2n) is 9.28. The van der Waals surface area contributed by atoms with Crippen molar-refractivity contribution in [2.24, 2.45) is 5.92 Å². The first kappa shape index (κ1) is 21.7. The minimum absolute atomic E-state index is 0.0378. The van der Waals surface area contributed by atoms with Gasteiger partial charge in [0.1, 0.15) is 5.75 Å². The molecule has 5 rings (SSSR count). The molecule has 2 aromatic carbocycles. The molecule has 1 amide bonds. The molecule has 4 N–H and O–H groups in total. The van der Waals surface area contributed by atoms with Crippen LogP contribution < -0.4 is 15.7 Å². The van der Waals surface area contributed by atoms with Gasteiger partial charge in [-0.15, -0.1) is 0 Å². The van der Waals surface area contributed by atoms with Crippen molar-refractivity contribution in [1.29, 1.82) is 0 Å². The van der Waals surface area contributed by atoms with Crippen LogP contribution in [0.5, 0.6) is 5.75 Å². The summed E-state index contributed by atoms with van der Waals surface area (Å²) in [5.41, 5.74) is 2.13. The lowest BCUT2D eigenvalue weighted by Crippen LogP contribution is -2.56. The highest BCUT2D eigenvalue weighted by Crippen LogP contribution is 2.49. The van der Waals surface area contributed by atoms with E-state index >= 15 is 0 Å². The summed E-state index contributed by atoms with van der Waals surface area (Å²) in [6.45, 7) is 0.881. The third-order valence-corrected chi connectivity index (χ3v) is 7.28. The van der Waals surface area contributed by atoms with Gasteiger partial charge in [0.25, 0.3) is 0 Å². The van der Waals surface area contributed by atoms with Crippen molar-refractivity contribution < 1.29 is 14.6 Å². The Morgan fingerprint density at radius 1 is 1.15 bits per heavy atom. The number of methoxy groups -OCH3 is 1. The van der Waals surface area contributed by atoms with Crippen LogP contribution in [0.2, 0.25) is 0 Å². The van der Waals surface area contributed by atoms with Gasteiger partial charge in [-0.05, 0) is 55.2 Å². The summed E-state index contributed by atoms with van der Waals surface area (Å²) in [5, 5.41) is 14.4. The Bertz CT molecular complexity index is 1200. The van der Waals surface area contributed by atoms with Gasteiger partial charge in [-0.1, -0.05) is 25.0 Å². The van der Waals surface area contributed by atoms with E-state index in [1.54, 1.807) is 25.3 Å². The van der Waals surface area contributed by atoms with Crippen LogP contribution in [-0.2, 0) is 4.79 Å². The van der Waals surface area contributed by atoms with Crippen LogP contribution in [0, 0.1) is 5.92 Å². The van der Waals surface area contributed by atoms with Gasteiger partial charge in [0.15, 0.2) is 0 Å². The molecule has 0 bridgehead atoms. The smallest absolute Gasteiger partial charge is 0.323 e. The first-order chi connectivity index (χ1) is 15.9. The average Bonchev–Trinajstić information content (AvgIpc) is 3.18. The number of H-pyrrole nitrogens is 2. The number of amides is 1. The first-order valence-electron chi connectivity index (χ1n) is 11.6. The van der Waals surface area contributed by atoms with Gasteiger partial charge >= 0.3 is 5.69 Å². The fraction of sp³-hybridized carbons (Fsp3) is 0.440. The lowest BCUT2D eigenvalue weighted by atomic mass is 9.66. The summed E-state index contributed by atoms with van der Waals surface area (Å²) in [5.74, 6) is 0.755. The van der Waals surface area contributed by atoms with Crippen LogP contribution in [0.1, 0.15) is 43.7 Å². The van der Waals surface area contributed by atoms with Crippen molar-refractivity contribution in [1.82, 2.24) is 14.9 Å². The molecule has 33 heavy (non-hydrogen) atoms.